The molecule has 1 rings (SSSR count). The Balaban J connectivity index is 2.01. The Morgan fingerprint density at radius 2 is 2.38 bits per heavy atom. The molecule has 0 spiro atoms. The fraction of sp³-hybridized carbons (Fsp3) is 0.636. The van der Waals surface area contributed by atoms with E-state index in [0.29, 0.717) is 6.04 Å². The van der Waals surface area contributed by atoms with Crippen LogP contribution in [0.1, 0.15) is 43.7 Å². The first-order valence-electron chi connectivity index (χ1n) is 5.54. The van der Waals surface area contributed by atoms with Crippen molar-refractivity contribution in [1.82, 2.24) is 10.3 Å². The third kappa shape index (κ3) is 5.23. The zero-order valence-corrected chi connectivity index (χ0v) is 10.3. The van der Waals surface area contributed by atoms with Gasteiger partial charge in [0.2, 0.25) is 0 Å². The van der Waals surface area contributed by atoms with E-state index in [1.807, 2.05) is 11.6 Å². The van der Waals surface area contributed by atoms with Crippen LogP contribution in [0.5, 0.6) is 0 Å². The molecular weight excluding hydrogens is 224 g/mol. The number of carboxylic acid groups (broad SMARTS) is 1. The van der Waals surface area contributed by atoms with Crippen molar-refractivity contribution in [2.75, 3.05) is 6.54 Å². The number of aromatic nitrogens is 1. The molecule has 0 saturated carbocycles. The third-order valence-corrected chi connectivity index (χ3v) is 3.30. The molecule has 16 heavy (non-hydrogen) atoms. The monoisotopic (exact) mass is 242 g/mol. The summed E-state index contributed by atoms with van der Waals surface area (Å²) in [4.78, 5) is 14.5. The van der Waals surface area contributed by atoms with Crippen molar-refractivity contribution in [2.24, 2.45) is 0 Å². The molecule has 1 unspecified atom stereocenters. The first kappa shape index (κ1) is 13.1. The number of unbranched alkanes of at least 4 members (excludes halogenated alkanes) is 2. The van der Waals surface area contributed by atoms with E-state index in [2.05, 4.69) is 17.2 Å². The van der Waals surface area contributed by atoms with Gasteiger partial charge in [-0.1, -0.05) is 6.42 Å². The topological polar surface area (TPSA) is 62.2 Å². The van der Waals surface area contributed by atoms with E-state index in [-0.39, 0.29) is 6.42 Å². The summed E-state index contributed by atoms with van der Waals surface area (Å²) in [5.74, 6) is -0.705. The molecule has 1 aromatic rings. The minimum atomic E-state index is -0.705. The highest BCUT2D eigenvalue weighted by atomic mass is 32.1. The SMILES string of the molecule is CC(NCCCCCC(=O)O)c1nccs1. The van der Waals surface area contributed by atoms with Gasteiger partial charge in [0, 0.05) is 18.0 Å². The van der Waals surface area contributed by atoms with Crippen molar-refractivity contribution < 1.29 is 9.90 Å². The van der Waals surface area contributed by atoms with Gasteiger partial charge in [0.15, 0.2) is 0 Å². The summed E-state index contributed by atoms with van der Waals surface area (Å²) >= 11 is 1.65. The number of carbonyl (C=O) groups is 1. The molecule has 0 aliphatic rings. The lowest BCUT2D eigenvalue weighted by molar-refractivity contribution is -0.137. The van der Waals surface area contributed by atoms with Crippen molar-refractivity contribution in [1.29, 1.82) is 0 Å². The number of rotatable bonds is 8. The molecule has 0 bridgehead atoms. The molecule has 1 heterocycles. The molecule has 0 aromatic carbocycles. The van der Waals surface area contributed by atoms with Crippen LogP contribution in [0, 0.1) is 0 Å². The number of hydrogen-bond donors (Lipinski definition) is 2. The number of aliphatic carboxylic acids is 1. The Hall–Kier alpha value is -0.940. The Labute approximate surface area is 99.7 Å². The summed E-state index contributed by atoms with van der Waals surface area (Å²) in [6.07, 6.45) is 4.84. The van der Waals surface area contributed by atoms with Crippen LogP contribution >= 0.6 is 11.3 Å². The van der Waals surface area contributed by atoms with E-state index >= 15 is 0 Å². The van der Waals surface area contributed by atoms with Crippen LogP contribution in [-0.4, -0.2) is 22.6 Å². The molecule has 5 heteroatoms. The molecule has 0 fully saturated rings. The van der Waals surface area contributed by atoms with Gasteiger partial charge in [-0.25, -0.2) is 4.98 Å². The predicted molar refractivity (Wildman–Crippen MR) is 64.6 cm³/mol. The quantitative estimate of drug-likeness (QED) is 0.687. The molecule has 90 valence electrons. The molecule has 1 aromatic heterocycles. The molecule has 0 aliphatic heterocycles. The maximum Gasteiger partial charge on any atom is 0.303 e. The van der Waals surface area contributed by atoms with Gasteiger partial charge in [-0.15, -0.1) is 11.3 Å². The lowest BCUT2D eigenvalue weighted by Gasteiger charge is -2.10. The van der Waals surface area contributed by atoms with Crippen LogP contribution in [-0.2, 0) is 4.79 Å². The first-order chi connectivity index (χ1) is 7.70. The molecule has 0 radical (unpaired) electrons. The lowest BCUT2D eigenvalue weighted by Crippen LogP contribution is -2.19. The van der Waals surface area contributed by atoms with Crippen LogP contribution in [0.3, 0.4) is 0 Å². The zero-order valence-electron chi connectivity index (χ0n) is 9.48. The van der Waals surface area contributed by atoms with E-state index in [4.69, 9.17) is 5.11 Å². The third-order valence-electron chi connectivity index (χ3n) is 2.34. The van der Waals surface area contributed by atoms with Crippen LogP contribution in [0.4, 0.5) is 0 Å². The molecular formula is C11H18N2O2S. The van der Waals surface area contributed by atoms with Crippen LogP contribution in [0.25, 0.3) is 0 Å². The van der Waals surface area contributed by atoms with E-state index in [1.165, 1.54) is 0 Å². The van der Waals surface area contributed by atoms with Crippen molar-refractivity contribution >= 4 is 17.3 Å². The highest BCUT2D eigenvalue weighted by molar-refractivity contribution is 7.09. The minimum absolute atomic E-state index is 0.280. The smallest absolute Gasteiger partial charge is 0.303 e. The Morgan fingerprint density at radius 3 is 3.00 bits per heavy atom. The van der Waals surface area contributed by atoms with Crippen molar-refractivity contribution in [2.45, 2.75) is 38.6 Å². The van der Waals surface area contributed by atoms with Gasteiger partial charge in [-0.3, -0.25) is 4.79 Å². The molecule has 4 nitrogen and oxygen atoms in total. The van der Waals surface area contributed by atoms with Gasteiger partial charge in [0.1, 0.15) is 5.01 Å². The maximum absolute atomic E-state index is 10.3. The number of thiazole rings is 1. The highest BCUT2D eigenvalue weighted by Gasteiger charge is 2.05. The van der Waals surface area contributed by atoms with Gasteiger partial charge in [-0.2, -0.15) is 0 Å². The largest absolute Gasteiger partial charge is 0.481 e. The second-order valence-corrected chi connectivity index (χ2v) is 4.68. The van der Waals surface area contributed by atoms with Crippen molar-refractivity contribution in [3.8, 4) is 0 Å². The van der Waals surface area contributed by atoms with E-state index in [1.54, 1.807) is 11.3 Å². The Bertz CT molecular complexity index is 301. The number of hydrogen-bond acceptors (Lipinski definition) is 4. The predicted octanol–water partition coefficient (Wildman–Crippen LogP) is 2.44. The van der Waals surface area contributed by atoms with Gasteiger partial charge in [0.25, 0.3) is 0 Å². The number of nitrogens with zero attached hydrogens (tertiary/aromatic N) is 1. The second-order valence-electron chi connectivity index (χ2n) is 3.75. The molecule has 0 saturated heterocycles. The minimum Gasteiger partial charge on any atom is -0.481 e. The standard InChI is InChI=1S/C11H18N2O2S/c1-9(11-13-7-8-16-11)12-6-4-2-3-5-10(14)15/h7-9,12H,2-6H2,1H3,(H,14,15). The molecule has 2 N–H and O–H groups in total. The Kier molecular flexibility index (Phi) is 6.03. The summed E-state index contributed by atoms with van der Waals surface area (Å²) in [6, 6.07) is 0.291. The van der Waals surface area contributed by atoms with Gasteiger partial charge >= 0.3 is 5.97 Å². The van der Waals surface area contributed by atoms with Crippen molar-refractivity contribution in [3.63, 3.8) is 0 Å². The van der Waals surface area contributed by atoms with E-state index in [9.17, 15) is 4.79 Å². The van der Waals surface area contributed by atoms with E-state index in [0.717, 1.165) is 30.8 Å². The maximum atomic E-state index is 10.3. The summed E-state index contributed by atoms with van der Waals surface area (Å²) in [5, 5.41) is 14.9. The number of nitrogens with one attached hydrogen (secondary N) is 1. The van der Waals surface area contributed by atoms with Crippen LogP contribution in [0.15, 0.2) is 11.6 Å². The van der Waals surface area contributed by atoms with Crippen molar-refractivity contribution in [3.05, 3.63) is 16.6 Å². The first-order valence-corrected chi connectivity index (χ1v) is 6.42. The van der Waals surface area contributed by atoms with Gasteiger partial charge in [0.05, 0.1) is 6.04 Å². The van der Waals surface area contributed by atoms with Gasteiger partial charge in [-0.05, 0) is 26.3 Å². The average Bonchev–Trinajstić information content (AvgIpc) is 2.75. The fourth-order valence-electron chi connectivity index (χ4n) is 1.43. The zero-order chi connectivity index (χ0) is 11.8. The normalized spacial score (nSPS) is 12.6. The van der Waals surface area contributed by atoms with Gasteiger partial charge < -0.3 is 10.4 Å². The molecule has 1 atom stereocenters. The molecule has 0 aliphatic carbocycles. The Morgan fingerprint density at radius 1 is 1.56 bits per heavy atom. The van der Waals surface area contributed by atoms with Crippen LogP contribution in [0.2, 0.25) is 0 Å². The lowest BCUT2D eigenvalue weighted by atomic mass is 10.2. The van der Waals surface area contributed by atoms with E-state index < -0.39 is 5.97 Å². The van der Waals surface area contributed by atoms with Crippen LogP contribution < -0.4 is 5.32 Å². The molecule has 0 amide bonds. The average molecular weight is 242 g/mol. The summed E-state index contributed by atoms with van der Waals surface area (Å²) in [6.45, 7) is 3.01. The second kappa shape index (κ2) is 7.35. The summed E-state index contributed by atoms with van der Waals surface area (Å²) < 4.78 is 0. The number of carboxylic acids is 1. The highest BCUT2D eigenvalue weighted by Crippen LogP contribution is 2.14. The fourth-order valence-corrected chi connectivity index (χ4v) is 2.10. The summed E-state index contributed by atoms with van der Waals surface area (Å²) in [5.41, 5.74) is 0. The summed E-state index contributed by atoms with van der Waals surface area (Å²) in [7, 11) is 0.